The zero-order valence-electron chi connectivity index (χ0n) is 10.8. The maximum absolute atomic E-state index is 12.0. The summed E-state index contributed by atoms with van der Waals surface area (Å²) in [5, 5.41) is 2.73. The normalized spacial score (nSPS) is 12.9. The Morgan fingerprint density at radius 1 is 1.12 bits per heavy atom. The Morgan fingerprint density at radius 2 is 1.65 bits per heavy atom. The first-order valence-electron chi connectivity index (χ1n) is 5.72. The summed E-state index contributed by atoms with van der Waals surface area (Å²) in [6.45, 7) is 7.17. The molecule has 0 bridgehead atoms. The van der Waals surface area contributed by atoms with Crippen molar-refractivity contribution in [3.8, 4) is 0 Å². The number of ketones is 1. The molecular formula is C14H19NO2. The minimum absolute atomic E-state index is 0.0665. The predicted octanol–water partition coefficient (Wildman–Crippen LogP) is 2.42. The summed E-state index contributed by atoms with van der Waals surface area (Å²) in [5.41, 5.74) is 0.139. The van der Waals surface area contributed by atoms with E-state index in [0.29, 0.717) is 5.56 Å². The van der Waals surface area contributed by atoms with Gasteiger partial charge in [-0.25, -0.2) is 0 Å². The molecule has 1 rings (SSSR count). The van der Waals surface area contributed by atoms with Crippen LogP contribution >= 0.6 is 0 Å². The highest BCUT2D eigenvalue weighted by Crippen LogP contribution is 2.13. The molecule has 1 atom stereocenters. The van der Waals surface area contributed by atoms with Crippen LogP contribution in [0.5, 0.6) is 0 Å². The lowest BCUT2D eigenvalue weighted by molar-refractivity contribution is -0.128. The molecule has 0 aliphatic heterocycles. The molecule has 3 nitrogen and oxygen atoms in total. The second-order valence-electron chi connectivity index (χ2n) is 5.18. The van der Waals surface area contributed by atoms with Crippen LogP contribution < -0.4 is 5.32 Å². The highest BCUT2D eigenvalue weighted by Gasteiger charge is 2.25. The van der Waals surface area contributed by atoms with E-state index in [1.165, 1.54) is 0 Å². The number of hydrogen-bond donors (Lipinski definition) is 1. The zero-order valence-corrected chi connectivity index (χ0v) is 10.8. The van der Waals surface area contributed by atoms with Crippen molar-refractivity contribution in [2.45, 2.75) is 33.7 Å². The number of rotatable bonds is 3. The largest absolute Gasteiger partial charge is 0.346 e. The third-order valence-electron chi connectivity index (χ3n) is 2.48. The molecule has 1 N–H and O–H groups in total. The van der Waals surface area contributed by atoms with Gasteiger partial charge in [0.2, 0.25) is 5.91 Å². The fourth-order valence-corrected chi connectivity index (χ4v) is 1.33. The minimum atomic E-state index is -0.496. The maximum Gasteiger partial charge on any atom is 0.225 e. The Morgan fingerprint density at radius 3 is 2.12 bits per heavy atom. The molecule has 1 amide bonds. The molecule has 0 radical (unpaired) electrons. The Hall–Kier alpha value is -1.64. The summed E-state index contributed by atoms with van der Waals surface area (Å²) in [6.07, 6.45) is 0. The van der Waals surface area contributed by atoms with Gasteiger partial charge in [-0.15, -0.1) is 0 Å². The number of benzene rings is 1. The Labute approximate surface area is 102 Å². The fraction of sp³-hybridized carbons (Fsp3) is 0.429. The van der Waals surface area contributed by atoms with Crippen molar-refractivity contribution < 1.29 is 9.59 Å². The molecule has 0 saturated heterocycles. The quantitative estimate of drug-likeness (QED) is 0.815. The maximum atomic E-state index is 12.0. The number of carbonyl (C=O) groups excluding carboxylic acids is 2. The van der Waals surface area contributed by atoms with Gasteiger partial charge >= 0.3 is 0 Å². The van der Waals surface area contributed by atoms with E-state index >= 15 is 0 Å². The second kappa shape index (κ2) is 5.13. The van der Waals surface area contributed by atoms with Gasteiger partial charge < -0.3 is 5.32 Å². The van der Waals surface area contributed by atoms with Crippen molar-refractivity contribution >= 4 is 11.7 Å². The minimum Gasteiger partial charge on any atom is -0.346 e. The van der Waals surface area contributed by atoms with Crippen LogP contribution in [0.2, 0.25) is 0 Å². The van der Waals surface area contributed by atoms with Crippen LogP contribution in [0.15, 0.2) is 30.3 Å². The monoisotopic (exact) mass is 233 g/mol. The third-order valence-corrected chi connectivity index (χ3v) is 2.48. The van der Waals surface area contributed by atoms with Crippen molar-refractivity contribution in [3.63, 3.8) is 0 Å². The molecule has 0 aliphatic carbocycles. The first-order valence-corrected chi connectivity index (χ1v) is 5.72. The van der Waals surface area contributed by atoms with Gasteiger partial charge in [0.15, 0.2) is 5.78 Å². The lowest BCUT2D eigenvalue weighted by Gasteiger charge is -2.21. The summed E-state index contributed by atoms with van der Waals surface area (Å²) >= 11 is 0. The van der Waals surface area contributed by atoms with Crippen molar-refractivity contribution in [1.29, 1.82) is 0 Å². The standard InChI is InChI=1S/C14H19NO2/c1-10(15-13(17)14(2,3)4)12(16)11-8-6-5-7-9-11/h5-10H,1-4H3,(H,15,17)/t10-/m1/s1. The number of Topliss-reactive ketones (excluding diaryl/α,β-unsaturated/α-hetero) is 1. The molecule has 0 fully saturated rings. The molecule has 92 valence electrons. The molecular weight excluding hydrogens is 214 g/mol. The van der Waals surface area contributed by atoms with E-state index in [2.05, 4.69) is 5.32 Å². The van der Waals surface area contributed by atoms with Gasteiger partial charge in [-0.2, -0.15) is 0 Å². The molecule has 0 aromatic heterocycles. The van der Waals surface area contributed by atoms with Crippen LogP contribution in [0.1, 0.15) is 38.1 Å². The van der Waals surface area contributed by atoms with E-state index in [-0.39, 0.29) is 11.7 Å². The average molecular weight is 233 g/mol. The van der Waals surface area contributed by atoms with E-state index in [1.807, 2.05) is 39.0 Å². The Kier molecular flexibility index (Phi) is 4.05. The van der Waals surface area contributed by atoms with E-state index in [0.717, 1.165) is 0 Å². The van der Waals surface area contributed by atoms with Crippen LogP contribution in [0.25, 0.3) is 0 Å². The smallest absolute Gasteiger partial charge is 0.225 e. The first-order chi connectivity index (χ1) is 7.82. The average Bonchev–Trinajstić information content (AvgIpc) is 2.27. The SMILES string of the molecule is C[C@@H](NC(=O)C(C)(C)C)C(=O)c1ccccc1. The first kappa shape index (κ1) is 13.4. The van der Waals surface area contributed by atoms with Crippen LogP contribution in [0, 0.1) is 5.41 Å². The predicted molar refractivity (Wildman–Crippen MR) is 67.8 cm³/mol. The Bertz CT molecular complexity index is 404. The van der Waals surface area contributed by atoms with Gasteiger partial charge in [0.05, 0.1) is 6.04 Å². The Balaban J connectivity index is 2.69. The molecule has 0 saturated carbocycles. The lowest BCUT2D eigenvalue weighted by Crippen LogP contribution is -2.44. The van der Waals surface area contributed by atoms with Crippen molar-refractivity contribution in [2.75, 3.05) is 0 Å². The van der Waals surface area contributed by atoms with Crippen LogP contribution in [-0.2, 0) is 4.79 Å². The van der Waals surface area contributed by atoms with Crippen molar-refractivity contribution in [3.05, 3.63) is 35.9 Å². The second-order valence-corrected chi connectivity index (χ2v) is 5.18. The van der Waals surface area contributed by atoms with E-state index in [9.17, 15) is 9.59 Å². The van der Waals surface area contributed by atoms with Crippen molar-refractivity contribution in [1.82, 2.24) is 5.32 Å². The number of carbonyl (C=O) groups is 2. The molecule has 0 unspecified atom stereocenters. The molecule has 1 aromatic carbocycles. The van der Waals surface area contributed by atoms with E-state index in [4.69, 9.17) is 0 Å². The zero-order chi connectivity index (χ0) is 13.1. The van der Waals surface area contributed by atoms with Gasteiger partial charge in [0.1, 0.15) is 0 Å². The molecule has 3 heteroatoms. The number of amides is 1. The van der Waals surface area contributed by atoms with Gasteiger partial charge in [-0.05, 0) is 6.92 Å². The molecule has 17 heavy (non-hydrogen) atoms. The highest BCUT2D eigenvalue weighted by atomic mass is 16.2. The van der Waals surface area contributed by atoms with E-state index < -0.39 is 11.5 Å². The van der Waals surface area contributed by atoms with E-state index in [1.54, 1.807) is 19.1 Å². The third kappa shape index (κ3) is 3.70. The summed E-state index contributed by atoms with van der Waals surface area (Å²) in [6, 6.07) is 8.49. The summed E-state index contributed by atoms with van der Waals surface area (Å²) in [4.78, 5) is 23.7. The van der Waals surface area contributed by atoms with Gasteiger partial charge in [0, 0.05) is 11.0 Å². The summed E-state index contributed by atoms with van der Waals surface area (Å²) in [5.74, 6) is -0.183. The summed E-state index contributed by atoms with van der Waals surface area (Å²) in [7, 11) is 0. The van der Waals surface area contributed by atoms with Gasteiger partial charge in [-0.1, -0.05) is 51.1 Å². The molecule has 0 heterocycles. The van der Waals surface area contributed by atoms with Crippen LogP contribution in [0.3, 0.4) is 0 Å². The number of hydrogen-bond acceptors (Lipinski definition) is 2. The molecule has 1 aromatic rings. The molecule has 0 aliphatic rings. The fourth-order valence-electron chi connectivity index (χ4n) is 1.33. The lowest BCUT2D eigenvalue weighted by atomic mass is 9.94. The topological polar surface area (TPSA) is 46.2 Å². The van der Waals surface area contributed by atoms with Gasteiger partial charge in [-0.3, -0.25) is 9.59 Å². The van der Waals surface area contributed by atoms with Gasteiger partial charge in [0.25, 0.3) is 0 Å². The number of nitrogens with one attached hydrogen (secondary N) is 1. The highest BCUT2D eigenvalue weighted by molar-refractivity contribution is 6.01. The van der Waals surface area contributed by atoms with Crippen molar-refractivity contribution in [2.24, 2.45) is 5.41 Å². The molecule has 0 spiro atoms. The van der Waals surface area contributed by atoms with Crippen LogP contribution in [0.4, 0.5) is 0 Å². The van der Waals surface area contributed by atoms with Crippen LogP contribution in [-0.4, -0.2) is 17.7 Å². The summed E-state index contributed by atoms with van der Waals surface area (Å²) < 4.78 is 0.